The first-order valence-electron chi connectivity index (χ1n) is 11.0. The number of carbonyl (C=O) groups is 1. The summed E-state index contributed by atoms with van der Waals surface area (Å²) in [7, 11) is 0. The second kappa shape index (κ2) is 8.54. The second-order valence-electron chi connectivity index (χ2n) is 8.25. The van der Waals surface area contributed by atoms with Gasteiger partial charge in [0.15, 0.2) is 0 Å². The highest BCUT2D eigenvalue weighted by atomic mass is 16.2. The van der Waals surface area contributed by atoms with Gasteiger partial charge in [-0.05, 0) is 38.1 Å². The molecule has 0 unspecified atom stereocenters. The van der Waals surface area contributed by atoms with E-state index in [1.165, 1.54) is 12.8 Å². The van der Waals surface area contributed by atoms with Crippen LogP contribution in [0.2, 0.25) is 0 Å². The largest absolute Gasteiger partial charge is 0.336 e. The fraction of sp³-hybridized carbons (Fsp3) is 0.360. The third-order valence-corrected chi connectivity index (χ3v) is 6.44. The van der Waals surface area contributed by atoms with E-state index in [4.69, 9.17) is 4.98 Å². The van der Waals surface area contributed by atoms with Crippen LogP contribution in [0, 0.1) is 0 Å². The van der Waals surface area contributed by atoms with Crippen molar-refractivity contribution in [3.8, 4) is 11.3 Å². The molecule has 1 N–H and O–H groups in total. The van der Waals surface area contributed by atoms with Crippen LogP contribution < -0.4 is 5.32 Å². The standard InChI is InChI=1S/C25H28N4O/c30-25(29-16-14-28(15-17-29)20-10-12-26-13-11-20)22-18-24(19-6-2-1-3-7-19)27-23-9-5-4-8-21(22)23/h1-9,18,20,26H,10-17H2. The molecule has 5 nitrogen and oxygen atoms in total. The van der Waals surface area contributed by atoms with Crippen LogP contribution in [0.15, 0.2) is 60.7 Å². The van der Waals surface area contributed by atoms with Crippen molar-refractivity contribution in [2.75, 3.05) is 39.3 Å². The van der Waals surface area contributed by atoms with E-state index in [2.05, 4.69) is 10.2 Å². The highest BCUT2D eigenvalue weighted by Gasteiger charge is 2.28. The number of para-hydroxylation sites is 1. The number of hydrogen-bond acceptors (Lipinski definition) is 4. The molecule has 1 aromatic heterocycles. The number of pyridine rings is 1. The number of aromatic nitrogens is 1. The third-order valence-electron chi connectivity index (χ3n) is 6.44. The minimum atomic E-state index is 0.121. The SMILES string of the molecule is O=C(c1cc(-c2ccccc2)nc2ccccc12)N1CCN(C2CCNCC2)CC1. The van der Waals surface area contributed by atoms with Gasteiger partial charge in [0.05, 0.1) is 16.8 Å². The maximum absolute atomic E-state index is 13.5. The van der Waals surface area contributed by atoms with Gasteiger partial charge in [-0.1, -0.05) is 48.5 Å². The highest BCUT2D eigenvalue weighted by Crippen LogP contribution is 2.26. The Kier molecular flexibility index (Phi) is 5.47. The number of fused-ring (bicyclic) bond motifs is 1. The molecule has 1 amide bonds. The van der Waals surface area contributed by atoms with Crippen LogP contribution in [0.1, 0.15) is 23.2 Å². The van der Waals surface area contributed by atoms with Crippen molar-refractivity contribution < 1.29 is 4.79 Å². The van der Waals surface area contributed by atoms with Crippen molar-refractivity contribution in [1.29, 1.82) is 0 Å². The summed E-state index contributed by atoms with van der Waals surface area (Å²) >= 11 is 0. The van der Waals surface area contributed by atoms with Gasteiger partial charge in [0.1, 0.15) is 0 Å². The second-order valence-corrected chi connectivity index (χ2v) is 8.25. The number of nitrogens with zero attached hydrogens (tertiary/aromatic N) is 3. The van der Waals surface area contributed by atoms with Crippen LogP contribution in [0.25, 0.3) is 22.2 Å². The monoisotopic (exact) mass is 400 g/mol. The van der Waals surface area contributed by atoms with E-state index in [0.717, 1.165) is 67.0 Å². The minimum Gasteiger partial charge on any atom is -0.336 e. The summed E-state index contributed by atoms with van der Waals surface area (Å²) in [5, 5.41) is 4.37. The molecule has 2 aliphatic heterocycles. The summed E-state index contributed by atoms with van der Waals surface area (Å²) < 4.78 is 0. The Morgan fingerprint density at radius 1 is 0.900 bits per heavy atom. The molecule has 2 aliphatic rings. The van der Waals surface area contributed by atoms with Gasteiger partial charge in [0, 0.05) is 43.2 Å². The van der Waals surface area contributed by atoms with E-state index in [0.29, 0.717) is 6.04 Å². The zero-order valence-electron chi connectivity index (χ0n) is 17.3. The molecular weight excluding hydrogens is 372 g/mol. The summed E-state index contributed by atoms with van der Waals surface area (Å²) in [6, 6.07) is 20.7. The van der Waals surface area contributed by atoms with Gasteiger partial charge in [-0.2, -0.15) is 0 Å². The number of rotatable bonds is 3. The molecular formula is C25H28N4O. The van der Waals surface area contributed by atoms with Crippen LogP contribution in [0.5, 0.6) is 0 Å². The van der Waals surface area contributed by atoms with E-state index in [-0.39, 0.29) is 5.91 Å². The average molecular weight is 401 g/mol. The van der Waals surface area contributed by atoms with Crippen molar-refractivity contribution in [1.82, 2.24) is 20.1 Å². The molecule has 30 heavy (non-hydrogen) atoms. The Morgan fingerprint density at radius 3 is 2.37 bits per heavy atom. The van der Waals surface area contributed by atoms with Crippen LogP contribution in [-0.2, 0) is 0 Å². The molecule has 0 atom stereocenters. The first-order chi connectivity index (χ1) is 14.8. The zero-order valence-corrected chi connectivity index (χ0v) is 17.3. The van der Waals surface area contributed by atoms with Crippen molar-refractivity contribution in [3.63, 3.8) is 0 Å². The number of piperidine rings is 1. The van der Waals surface area contributed by atoms with Crippen LogP contribution in [-0.4, -0.2) is 66.0 Å². The molecule has 3 aromatic rings. The van der Waals surface area contributed by atoms with E-state index in [1.54, 1.807) is 0 Å². The normalized spacial score (nSPS) is 18.6. The molecule has 0 aliphatic carbocycles. The molecule has 5 heteroatoms. The Bertz CT molecular complexity index is 1020. The number of amides is 1. The number of nitrogens with one attached hydrogen (secondary N) is 1. The smallest absolute Gasteiger partial charge is 0.254 e. The maximum Gasteiger partial charge on any atom is 0.254 e. The fourth-order valence-corrected chi connectivity index (χ4v) is 4.74. The number of hydrogen-bond donors (Lipinski definition) is 1. The van der Waals surface area contributed by atoms with Crippen LogP contribution in [0.3, 0.4) is 0 Å². The number of carbonyl (C=O) groups excluding carboxylic acids is 1. The van der Waals surface area contributed by atoms with E-state index in [9.17, 15) is 4.79 Å². The lowest BCUT2D eigenvalue weighted by Gasteiger charge is -2.41. The van der Waals surface area contributed by atoms with E-state index in [1.807, 2.05) is 65.6 Å². The molecule has 0 bridgehead atoms. The van der Waals surface area contributed by atoms with Gasteiger partial charge in [0.25, 0.3) is 5.91 Å². The van der Waals surface area contributed by atoms with Crippen LogP contribution >= 0.6 is 0 Å². The molecule has 2 saturated heterocycles. The van der Waals surface area contributed by atoms with Gasteiger partial charge < -0.3 is 10.2 Å². The Morgan fingerprint density at radius 2 is 1.60 bits per heavy atom. The molecule has 0 radical (unpaired) electrons. The first kappa shape index (κ1) is 19.2. The Hall–Kier alpha value is -2.76. The average Bonchev–Trinajstić information content (AvgIpc) is 2.84. The van der Waals surface area contributed by atoms with Crippen molar-refractivity contribution >= 4 is 16.8 Å². The van der Waals surface area contributed by atoms with Gasteiger partial charge in [-0.15, -0.1) is 0 Å². The summed E-state index contributed by atoms with van der Waals surface area (Å²) in [5.74, 6) is 0.121. The Labute approximate surface area is 177 Å². The van der Waals surface area contributed by atoms with Gasteiger partial charge in [-0.3, -0.25) is 9.69 Å². The quantitative estimate of drug-likeness (QED) is 0.732. The molecule has 3 heterocycles. The third kappa shape index (κ3) is 3.83. The first-order valence-corrected chi connectivity index (χ1v) is 11.0. The summed E-state index contributed by atoms with van der Waals surface area (Å²) in [6.07, 6.45) is 2.42. The summed E-state index contributed by atoms with van der Waals surface area (Å²) in [6.45, 7) is 5.72. The zero-order chi connectivity index (χ0) is 20.3. The van der Waals surface area contributed by atoms with Crippen LogP contribution in [0.4, 0.5) is 0 Å². The van der Waals surface area contributed by atoms with Crippen molar-refractivity contribution in [2.24, 2.45) is 0 Å². The molecule has 2 aromatic carbocycles. The number of benzene rings is 2. The number of piperazine rings is 1. The minimum absolute atomic E-state index is 0.121. The lowest BCUT2D eigenvalue weighted by atomic mass is 10.0. The summed E-state index contributed by atoms with van der Waals surface area (Å²) in [5.41, 5.74) is 3.52. The highest BCUT2D eigenvalue weighted by molar-refractivity contribution is 6.07. The van der Waals surface area contributed by atoms with Gasteiger partial charge in [-0.25, -0.2) is 4.98 Å². The van der Waals surface area contributed by atoms with E-state index >= 15 is 0 Å². The topological polar surface area (TPSA) is 48.5 Å². The van der Waals surface area contributed by atoms with Gasteiger partial charge in [0.2, 0.25) is 0 Å². The molecule has 5 rings (SSSR count). The molecule has 154 valence electrons. The lowest BCUT2D eigenvalue weighted by molar-refractivity contribution is 0.0534. The predicted molar refractivity (Wildman–Crippen MR) is 121 cm³/mol. The van der Waals surface area contributed by atoms with E-state index < -0.39 is 0 Å². The fourth-order valence-electron chi connectivity index (χ4n) is 4.74. The van der Waals surface area contributed by atoms with Crippen molar-refractivity contribution in [3.05, 3.63) is 66.2 Å². The molecule has 2 fully saturated rings. The Balaban J connectivity index is 1.40. The summed E-state index contributed by atoms with van der Waals surface area (Å²) in [4.78, 5) is 23.0. The predicted octanol–water partition coefficient (Wildman–Crippen LogP) is 3.41. The van der Waals surface area contributed by atoms with Crippen molar-refractivity contribution in [2.45, 2.75) is 18.9 Å². The molecule has 0 spiro atoms. The maximum atomic E-state index is 13.5. The van der Waals surface area contributed by atoms with Gasteiger partial charge >= 0.3 is 0 Å². The molecule has 0 saturated carbocycles. The lowest BCUT2D eigenvalue weighted by Crippen LogP contribution is -2.54.